The number of carbonyl (C=O) groups is 2. The highest BCUT2D eigenvalue weighted by molar-refractivity contribution is 6.08. The number of amides is 2. The smallest absolute Gasteiger partial charge is 0.277 e. The summed E-state index contributed by atoms with van der Waals surface area (Å²) in [6.45, 7) is 0.529. The highest BCUT2D eigenvalue weighted by atomic mass is 16.2. The van der Waals surface area contributed by atoms with Gasteiger partial charge in [-0.15, -0.1) is 5.10 Å². The van der Waals surface area contributed by atoms with E-state index in [0.717, 1.165) is 18.4 Å². The van der Waals surface area contributed by atoms with Crippen LogP contribution in [0.25, 0.3) is 0 Å². The fourth-order valence-electron chi connectivity index (χ4n) is 2.72. The molecule has 7 nitrogen and oxygen atoms in total. The van der Waals surface area contributed by atoms with Crippen LogP contribution in [0.1, 0.15) is 39.3 Å². The summed E-state index contributed by atoms with van der Waals surface area (Å²) in [6, 6.07) is 17.0. The number of anilines is 1. The number of benzene rings is 2. The van der Waals surface area contributed by atoms with E-state index in [2.05, 4.69) is 20.9 Å². The molecule has 7 heteroatoms. The number of nitrogens with zero attached hydrogens (tertiary/aromatic N) is 3. The molecule has 1 saturated carbocycles. The van der Waals surface area contributed by atoms with Gasteiger partial charge in [0, 0.05) is 6.04 Å². The van der Waals surface area contributed by atoms with Crippen molar-refractivity contribution >= 4 is 17.5 Å². The van der Waals surface area contributed by atoms with Crippen LogP contribution in [-0.2, 0) is 6.54 Å². The molecule has 0 spiro atoms. The molecule has 4 rings (SSSR count). The Hall–Kier alpha value is -3.48. The fourth-order valence-corrected chi connectivity index (χ4v) is 2.72. The van der Waals surface area contributed by atoms with E-state index in [1.54, 1.807) is 35.1 Å². The van der Waals surface area contributed by atoms with E-state index >= 15 is 0 Å². The molecule has 1 fully saturated rings. The Bertz CT molecular complexity index is 963. The average molecular weight is 361 g/mol. The van der Waals surface area contributed by atoms with E-state index in [9.17, 15) is 9.59 Å². The number of rotatable bonds is 6. The third-order valence-electron chi connectivity index (χ3n) is 4.29. The molecule has 0 saturated heterocycles. The summed E-state index contributed by atoms with van der Waals surface area (Å²) in [6.07, 6.45) is 3.60. The van der Waals surface area contributed by atoms with Crippen molar-refractivity contribution in [2.45, 2.75) is 25.4 Å². The topological polar surface area (TPSA) is 88.9 Å². The lowest BCUT2D eigenvalue weighted by atomic mass is 10.1. The third-order valence-corrected chi connectivity index (χ3v) is 4.29. The minimum Gasteiger partial charge on any atom is -0.349 e. The quantitative estimate of drug-likeness (QED) is 0.706. The van der Waals surface area contributed by atoms with Gasteiger partial charge in [0.1, 0.15) is 0 Å². The molecule has 3 aromatic rings. The summed E-state index contributed by atoms with van der Waals surface area (Å²) < 4.78 is 1.61. The Morgan fingerprint density at radius 3 is 2.52 bits per heavy atom. The van der Waals surface area contributed by atoms with Gasteiger partial charge in [-0.25, -0.2) is 4.68 Å². The summed E-state index contributed by atoms with van der Waals surface area (Å²) in [7, 11) is 0. The van der Waals surface area contributed by atoms with Crippen LogP contribution in [0.2, 0.25) is 0 Å². The average Bonchev–Trinajstić information content (AvgIpc) is 3.37. The Balaban J connectivity index is 1.46. The predicted molar refractivity (Wildman–Crippen MR) is 100 cm³/mol. The molecule has 1 heterocycles. The van der Waals surface area contributed by atoms with Crippen molar-refractivity contribution in [2.75, 3.05) is 5.32 Å². The minimum atomic E-state index is -0.402. The van der Waals surface area contributed by atoms with Gasteiger partial charge in [0.15, 0.2) is 5.69 Å². The molecule has 1 aliphatic carbocycles. The van der Waals surface area contributed by atoms with Crippen LogP contribution in [0.3, 0.4) is 0 Å². The van der Waals surface area contributed by atoms with Gasteiger partial charge in [0.05, 0.1) is 24.0 Å². The number of hydrogen-bond donors (Lipinski definition) is 2. The van der Waals surface area contributed by atoms with E-state index < -0.39 is 5.91 Å². The monoisotopic (exact) mass is 361 g/mol. The van der Waals surface area contributed by atoms with Gasteiger partial charge >= 0.3 is 0 Å². The van der Waals surface area contributed by atoms with Crippen molar-refractivity contribution in [3.63, 3.8) is 0 Å². The lowest BCUT2D eigenvalue weighted by Crippen LogP contribution is -2.27. The molecule has 0 unspecified atom stereocenters. The Kier molecular flexibility index (Phi) is 4.65. The first-order valence-electron chi connectivity index (χ1n) is 8.84. The van der Waals surface area contributed by atoms with Gasteiger partial charge in [-0.2, -0.15) is 0 Å². The Morgan fingerprint density at radius 1 is 1.00 bits per heavy atom. The number of nitrogens with one attached hydrogen (secondary N) is 2. The van der Waals surface area contributed by atoms with Gasteiger partial charge in [-0.05, 0) is 30.5 Å². The van der Waals surface area contributed by atoms with E-state index in [1.165, 1.54) is 0 Å². The highest BCUT2D eigenvalue weighted by Crippen LogP contribution is 2.21. The maximum atomic E-state index is 12.5. The van der Waals surface area contributed by atoms with Crippen molar-refractivity contribution < 1.29 is 9.59 Å². The summed E-state index contributed by atoms with van der Waals surface area (Å²) >= 11 is 0. The van der Waals surface area contributed by atoms with Crippen LogP contribution in [0.5, 0.6) is 0 Å². The Morgan fingerprint density at radius 2 is 1.74 bits per heavy atom. The number of carbonyl (C=O) groups excluding carboxylic acids is 2. The van der Waals surface area contributed by atoms with Gasteiger partial charge < -0.3 is 10.6 Å². The van der Waals surface area contributed by atoms with Crippen LogP contribution >= 0.6 is 0 Å². The molecule has 0 radical (unpaired) electrons. The zero-order chi connectivity index (χ0) is 18.6. The highest BCUT2D eigenvalue weighted by Gasteiger charge is 2.25. The van der Waals surface area contributed by atoms with E-state index in [1.807, 2.05) is 30.3 Å². The first kappa shape index (κ1) is 17.0. The first-order chi connectivity index (χ1) is 13.2. The van der Waals surface area contributed by atoms with Crippen LogP contribution < -0.4 is 10.6 Å². The minimum absolute atomic E-state index is 0.180. The largest absolute Gasteiger partial charge is 0.349 e. The van der Waals surface area contributed by atoms with Crippen LogP contribution in [0.4, 0.5) is 5.69 Å². The molecule has 2 N–H and O–H groups in total. The zero-order valence-electron chi connectivity index (χ0n) is 14.6. The van der Waals surface area contributed by atoms with Crippen molar-refractivity contribution in [3.8, 4) is 0 Å². The van der Waals surface area contributed by atoms with Crippen LogP contribution in [0, 0.1) is 0 Å². The molecule has 1 aliphatic rings. The van der Waals surface area contributed by atoms with Crippen LogP contribution in [-0.4, -0.2) is 32.9 Å². The zero-order valence-corrected chi connectivity index (χ0v) is 14.6. The molecular weight excluding hydrogens is 342 g/mol. The van der Waals surface area contributed by atoms with E-state index in [4.69, 9.17) is 0 Å². The molecular formula is C20H19N5O2. The molecule has 0 atom stereocenters. The second kappa shape index (κ2) is 7.41. The molecule has 136 valence electrons. The summed E-state index contributed by atoms with van der Waals surface area (Å²) in [5.74, 6) is -0.581. The summed E-state index contributed by atoms with van der Waals surface area (Å²) in [5, 5.41) is 13.6. The molecule has 27 heavy (non-hydrogen) atoms. The SMILES string of the molecule is O=C(Nc1ccccc1C(=O)NC1CC1)c1cn(Cc2ccccc2)nn1. The molecule has 0 aliphatic heterocycles. The standard InChI is InChI=1S/C20H19N5O2/c26-19(21-15-10-11-15)16-8-4-5-9-17(16)22-20(27)18-13-25(24-23-18)12-14-6-2-1-3-7-14/h1-9,13,15H,10-12H2,(H,21,26)(H,22,27). The summed E-state index contributed by atoms with van der Waals surface area (Å²) in [5.41, 5.74) is 2.16. The van der Waals surface area contributed by atoms with Gasteiger partial charge in [0.2, 0.25) is 0 Å². The lowest BCUT2D eigenvalue weighted by Gasteiger charge is -2.10. The Labute approximate surface area is 156 Å². The third kappa shape index (κ3) is 4.20. The lowest BCUT2D eigenvalue weighted by molar-refractivity contribution is 0.0952. The normalized spacial score (nSPS) is 13.2. The number of aromatic nitrogens is 3. The van der Waals surface area contributed by atoms with Crippen LogP contribution in [0.15, 0.2) is 60.8 Å². The van der Waals surface area contributed by atoms with Crippen molar-refractivity contribution in [2.24, 2.45) is 0 Å². The van der Waals surface area contributed by atoms with Crippen molar-refractivity contribution in [1.29, 1.82) is 0 Å². The maximum Gasteiger partial charge on any atom is 0.277 e. The molecule has 1 aromatic heterocycles. The van der Waals surface area contributed by atoms with E-state index in [-0.39, 0.29) is 17.6 Å². The second-order valence-electron chi connectivity index (χ2n) is 6.53. The molecule has 0 bridgehead atoms. The number of hydrogen-bond acceptors (Lipinski definition) is 4. The van der Waals surface area contributed by atoms with Gasteiger partial charge in [-0.1, -0.05) is 47.7 Å². The van der Waals surface area contributed by atoms with Crippen molar-refractivity contribution in [3.05, 3.63) is 77.6 Å². The van der Waals surface area contributed by atoms with Crippen molar-refractivity contribution in [1.82, 2.24) is 20.3 Å². The maximum absolute atomic E-state index is 12.5. The number of para-hydroxylation sites is 1. The molecule has 2 aromatic carbocycles. The second-order valence-corrected chi connectivity index (χ2v) is 6.53. The predicted octanol–water partition coefficient (Wildman–Crippen LogP) is 2.47. The summed E-state index contributed by atoms with van der Waals surface area (Å²) in [4.78, 5) is 24.9. The molecule has 2 amide bonds. The van der Waals surface area contributed by atoms with E-state index in [0.29, 0.717) is 17.8 Å². The fraction of sp³-hybridized carbons (Fsp3) is 0.200. The van der Waals surface area contributed by atoms with Gasteiger partial charge in [0.25, 0.3) is 11.8 Å². The first-order valence-corrected chi connectivity index (χ1v) is 8.84. The van der Waals surface area contributed by atoms with Gasteiger partial charge in [-0.3, -0.25) is 9.59 Å².